The number of hydrogen-bond acceptors (Lipinski definition) is 4. The third kappa shape index (κ3) is 4.78. The van der Waals surface area contributed by atoms with Gasteiger partial charge in [0.25, 0.3) is 11.8 Å². The molecule has 1 fully saturated rings. The fourth-order valence-electron chi connectivity index (χ4n) is 3.22. The van der Waals surface area contributed by atoms with Gasteiger partial charge >= 0.3 is 6.18 Å². The minimum Gasteiger partial charge on any atom is -0.457 e. The summed E-state index contributed by atoms with van der Waals surface area (Å²) in [6, 6.07) is 20.1. The first kappa shape index (κ1) is 22.2. The number of thiocarbonyl (C=S) groups is 1. The first-order valence-electron chi connectivity index (χ1n) is 9.65. The van der Waals surface area contributed by atoms with E-state index >= 15 is 0 Å². The fraction of sp³-hybridized carbons (Fsp3) is 0.0417. The molecule has 1 N–H and O–H groups in total. The van der Waals surface area contributed by atoms with Crippen LogP contribution in [0.5, 0.6) is 11.5 Å². The van der Waals surface area contributed by atoms with Gasteiger partial charge < -0.3 is 4.74 Å². The molecule has 0 spiro atoms. The SMILES string of the molecule is O=C1NC(=S)N(c2ccc(Oc3ccccc3)cc2)C(=O)C1=Cc1ccccc1C(F)(F)F. The Bertz CT molecular complexity index is 1260. The van der Waals surface area contributed by atoms with Crippen LogP contribution in [-0.2, 0) is 15.8 Å². The highest BCUT2D eigenvalue weighted by Crippen LogP contribution is 2.33. The molecule has 3 aromatic rings. The van der Waals surface area contributed by atoms with Crippen molar-refractivity contribution in [3.05, 3.63) is 95.6 Å². The molecule has 1 heterocycles. The highest BCUT2D eigenvalue weighted by Gasteiger charge is 2.36. The average molecular weight is 468 g/mol. The van der Waals surface area contributed by atoms with Crippen molar-refractivity contribution < 1.29 is 27.5 Å². The number of rotatable bonds is 4. The van der Waals surface area contributed by atoms with Crippen LogP contribution in [0.2, 0.25) is 0 Å². The zero-order valence-corrected chi connectivity index (χ0v) is 17.6. The van der Waals surface area contributed by atoms with Gasteiger partial charge in [0.15, 0.2) is 5.11 Å². The molecule has 0 aromatic heterocycles. The van der Waals surface area contributed by atoms with E-state index < -0.39 is 29.1 Å². The second-order valence-electron chi connectivity index (χ2n) is 6.95. The Balaban J connectivity index is 1.64. The molecule has 0 saturated carbocycles. The van der Waals surface area contributed by atoms with E-state index in [0.717, 1.165) is 17.0 Å². The minimum absolute atomic E-state index is 0.178. The van der Waals surface area contributed by atoms with Gasteiger partial charge in [-0.05, 0) is 66.3 Å². The highest BCUT2D eigenvalue weighted by molar-refractivity contribution is 7.80. The van der Waals surface area contributed by atoms with Gasteiger partial charge in [-0.3, -0.25) is 19.8 Å². The van der Waals surface area contributed by atoms with Crippen molar-refractivity contribution in [2.75, 3.05) is 4.90 Å². The van der Waals surface area contributed by atoms with Crippen molar-refractivity contribution in [3.8, 4) is 11.5 Å². The highest BCUT2D eigenvalue weighted by atomic mass is 32.1. The van der Waals surface area contributed by atoms with Crippen LogP contribution in [0.15, 0.2) is 84.4 Å². The Morgan fingerprint density at radius 2 is 1.45 bits per heavy atom. The van der Waals surface area contributed by atoms with E-state index in [-0.39, 0.29) is 10.7 Å². The van der Waals surface area contributed by atoms with Crippen molar-refractivity contribution in [2.45, 2.75) is 6.18 Å². The molecular weight excluding hydrogens is 453 g/mol. The summed E-state index contributed by atoms with van der Waals surface area (Å²) in [5.74, 6) is -0.588. The van der Waals surface area contributed by atoms with E-state index in [9.17, 15) is 22.8 Å². The number of anilines is 1. The van der Waals surface area contributed by atoms with Crippen molar-refractivity contribution in [2.24, 2.45) is 0 Å². The summed E-state index contributed by atoms with van der Waals surface area (Å²) in [7, 11) is 0. The Labute approximate surface area is 192 Å². The molecule has 1 aliphatic heterocycles. The first-order chi connectivity index (χ1) is 15.7. The number of carbonyl (C=O) groups is 2. The first-order valence-corrected chi connectivity index (χ1v) is 10.1. The fourth-order valence-corrected chi connectivity index (χ4v) is 3.50. The predicted octanol–water partition coefficient (Wildman–Crippen LogP) is 5.33. The summed E-state index contributed by atoms with van der Waals surface area (Å²) in [4.78, 5) is 26.5. The van der Waals surface area contributed by atoms with Crippen LogP contribution in [0.3, 0.4) is 0 Å². The second-order valence-corrected chi connectivity index (χ2v) is 7.34. The molecule has 0 bridgehead atoms. The molecule has 2 amide bonds. The largest absolute Gasteiger partial charge is 0.457 e. The quantitative estimate of drug-likeness (QED) is 0.320. The number of para-hydroxylation sites is 1. The molecule has 0 atom stereocenters. The van der Waals surface area contributed by atoms with Gasteiger partial charge in [-0.2, -0.15) is 13.2 Å². The molecule has 1 aliphatic rings. The van der Waals surface area contributed by atoms with Crippen LogP contribution >= 0.6 is 12.2 Å². The summed E-state index contributed by atoms with van der Waals surface area (Å²) in [5, 5.41) is 2.18. The van der Waals surface area contributed by atoms with Crippen molar-refractivity contribution in [1.82, 2.24) is 5.32 Å². The lowest BCUT2D eigenvalue weighted by Gasteiger charge is -2.29. The van der Waals surface area contributed by atoms with Gasteiger partial charge in [0, 0.05) is 0 Å². The predicted molar refractivity (Wildman–Crippen MR) is 121 cm³/mol. The number of hydrogen-bond donors (Lipinski definition) is 1. The van der Waals surface area contributed by atoms with Gasteiger partial charge in [-0.1, -0.05) is 36.4 Å². The van der Waals surface area contributed by atoms with E-state index in [2.05, 4.69) is 5.32 Å². The molecule has 166 valence electrons. The van der Waals surface area contributed by atoms with E-state index in [1.54, 1.807) is 36.4 Å². The second kappa shape index (κ2) is 8.87. The summed E-state index contributed by atoms with van der Waals surface area (Å²) < 4.78 is 45.7. The maximum atomic E-state index is 13.3. The van der Waals surface area contributed by atoms with Crippen molar-refractivity contribution in [3.63, 3.8) is 0 Å². The molecule has 0 unspecified atom stereocenters. The number of benzene rings is 3. The maximum Gasteiger partial charge on any atom is 0.416 e. The lowest BCUT2D eigenvalue weighted by atomic mass is 10.0. The van der Waals surface area contributed by atoms with E-state index in [0.29, 0.717) is 17.2 Å². The summed E-state index contributed by atoms with van der Waals surface area (Å²) in [6.45, 7) is 0. The van der Waals surface area contributed by atoms with Crippen LogP contribution in [0.4, 0.5) is 18.9 Å². The zero-order chi connectivity index (χ0) is 23.6. The summed E-state index contributed by atoms with van der Waals surface area (Å²) in [5.41, 5.74) is -1.41. The molecule has 0 aliphatic carbocycles. The molecule has 0 radical (unpaired) electrons. The zero-order valence-electron chi connectivity index (χ0n) is 16.8. The lowest BCUT2D eigenvalue weighted by molar-refractivity contribution is -0.137. The number of nitrogens with one attached hydrogen (secondary N) is 1. The normalized spacial score (nSPS) is 15.5. The number of amides is 2. The van der Waals surface area contributed by atoms with Crippen LogP contribution < -0.4 is 15.0 Å². The van der Waals surface area contributed by atoms with Gasteiger partial charge in [0.05, 0.1) is 11.3 Å². The Morgan fingerprint density at radius 1 is 0.848 bits per heavy atom. The van der Waals surface area contributed by atoms with Crippen LogP contribution in [-0.4, -0.2) is 16.9 Å². The van der Waals surface area contributed by atoms with Crippen LogP contribution in [0.1, 0.15) is 11.1 Å². The lowest BCUT2D eigenvalue weighted by Crippen LogP contribution is -2.54. The standard InChI is InChI=1S/C24H15F3N2O3S/c25-24(26,27)20-9-5-4-6-15(20)14-19-21(30)28-23(33)29(22(19)31)16-10-12-18(13-11-16)32-17-7-2-1-3-8-17/h1-14H,(H,28,30,33). The molecule has 4 rings (SSSR count). The molecule has 3 aromatic carbocycles. The Hall–Kier alpha value is -3.98. The number of carbonyl (C=O) groups excluding carboxylic acids is 2. The maximum absolute atomic E-state index is 13.3. The molecule has 33 heavy (non-hydrogen) atoms. The minimum atomic E-state index is -4.65. The van der Waals surface area contributed by atoms with Crippen LogP contribution in [0.25, 0.3) is 6.08 Å². The van der Waals surface area contributed by atoms with Gasteiger partial charge in [0.1, 0.15) is 17.1 Å². The molecule has 1 saturated heterocycles. The summed E-state index contributed by atoms with van der Waals surface area (Å²) in [6.07, 6.45) is -3.73. The van der Waals surface area contributed by atoms with Crippen molar-refractivity contribution in [1.29, 1.82) is 0 Å². The van der Waals surface area contributed by atoms with E-state index in [1.807, 2.05) is 18.2 Å². The Morgan fingerprint density at radius 3 is 2.12 bits per heavy atom. The third-order valence-electron chi connectivity index (χ3n) is 4.74. The van der Waals surface area contributed by atoms with E-state index in [4.69, 9.17) is 17.0 Å². The van der Waals surface area contributed by atoms with Gasteiger partial charge in [0.2, 0.25) is 0 Å². The molecular formula is C24H15F3N2O3S. The summed E-state index contributed by atoms with van der Waals surface area (Å²) >= 11 is 5.14. The number of ether oxygens (including phenoxy) is 1. The topological polar surface area (TPSA) is 58.6 Å². The Kier molecular flexibility index (Phi) is 5.97. The monoisotopic (exact) mass is 468 g/mol. The number of nitrogens with zero attached hydrogens (tertiary/aromatic N) is 1. The molecule has 9 heteroatoms. The third-order valence-corrected chi connectivity index (χ3v) is 5.03. The number of alkyl halides is 3. The molecule has 5 nitrogen and oxygen atoms in total. The van der Waals surface area contributed by atoms with Crippen molar-refractivity contribution >= 4 is 40.9 Å². The number of halogens is 3. The van der Waals surface area contributed by atoms with Crippen LogP contribution in [0, 0.1) is 0 Å². The van der Waals surface area contributed by atoms with Gasteiger partial charge in [-0.15, -0.1) is 0 Å². The smallest absolute Gasteiger partial charge is 0.416 e. The van der Waals surface area contributed by atoms with E-state index in [1.165, 1.54) is 18.2 Å². The van der Waals surface area contributed by atoms with Gasteiger partial charge in [-0.25, -0.2) is 0 Å². The average Bonchev–Trinajstić information content (AvgIpc) is 2.78.